The van der Waals surface area contributed by atoms with Crippen molar-refractivity contribution in [1.29, 1.82) is 0 Å². The van der Waals surface area contributed by atoms with E-state index in [1.807, 2.05) is 6.92 Å². The van der Waals surface area contributed by atoms with E-state index in [9.17, 15) is 4.79 Å². The van der Waals surface area contributed by atoms with Crippen molar-refractivity contribution in [2.75, 3.05) is 0 Å². The fourth-order valence-electron chi connectivity index (χ4n) is 0.620. The van der Waals surface area contributed by atoms with Crippen LogP contribution >= 0.6 is 0 Å². The van der Waals surface area contributed by atoms with E-state index in [4.69, 9.17) is 0 Å². The lowest BCUT2D eigenvalue weighted by molar-refractivity contribution is -0.140. The molecule has 0 saturated heterocycles. The van der Waals surface area contributed by atoms with Gasteiger partial charge in [-0.25, -0.2) is 4.79 Å². The minimum Gasteiger partial charge on any atom is -0.319 e. The first kappa shape index (κ1) is 10.1. The molecular weight excluding hydrogens is 142 g/mol. The minimum absolute atomic E-state index is 0.360. The lowest BCUT2D eigenvalue weighted by atomic mass is 10.2. The van der Waals surface area contributed by atoms with Gasteiger partial charge in [-0.05, 0) is 19.8 Å². The van der Waals surface area contributed by atoms with Crippen molar-refractivity contribution in [3.63, 3.8) is 0 Å². The highest BCUT2D eigenvalue weighted by molar-refractivity contribution is 5.82. The summed E-state index contributed by atoms with van der Waals surface area (Å²) in [5.41, 5.74) is 0.877. The molecule has 0 aliphatic carbocycles. The van der Waals surface area contributed by atoms with Gasteiger partial charge in [-0.3, -0.25) is 0 Å². The van der Waals surface area contributed by atoms with Crippen molar-refractivity contribution in [2.45, 2.75) is 40.0 Å². The van der Waals surface area contributed by atoms with E-state index in [0.717, 1.165) is 25.0 Å². The number of hydrogen-bond acceptors (Lipinski definition) is 3. The number of oxime groups is 1. The molecule has 0 radical (unpaired) electrons. The van der Waals surface area contributed by atoms with Crippen LogP contribution in [0.15, 0.2) is 5.16 Å². The number of nitrogens with zero attached hydrogens (tertiary/aromatic N) is 1. The molecule has 0 amide bonds. The van der Waals surface area contributed by atoms with Crippen molar-refractivity contribution in [3.8, 4) is 0 Å². The molecule has 3 nitrogen and oxygen atoms in total. The second-order valence-electron chi connectivity index (χ2n) is 2.51. The molecule has 0 aliphatic heterocycles. The Morgan fingerprint density at radius 2 is 2.09 bits per heavy atom. The molecule has 0 aromatic heterocycles. The summed E-state index contributed by atoms with van der Waals surface area (Å²) in [6.45, 7) is 5.31. The molecule has 0 rings (SSSR count). The van der Waals surface area contributed by atoms with Crippen molar-refractivity contribution in [3.05, 3.63) is 0 Å². The molecule has 0 atom stereocenters. The Hall–Kier alpha value is -0.860. The Balaban J connectivity index is 3.54. The van der Waals surface area contributed by atoms with E-state index in [2.05, 4.69) is 16.9 Å². The van der Waals surface area contributed by atoms with Gasteiger partial charge in [-0.1, -0.05) is 18.5 Å². The Kier molecular flexibility index (Phi) is 5.43. The summed E-state index contributed by atoms with van der Waals surface area (Å²) in [4.78, 5) is 14.7. The maximum Gasteiger partial charge on any atom is 0.331 e. The van der Waals surface area contributed by atoms with Crippen LogP contribution < -0.4 is 0 Å². The standard InChI is InChI=1S/C8H15NO2/c1-4-5-6-7(2)9-11-8(3)10/h4-6H2,1-3H3. The molecule has 64 valence electrons. The van der Waals surface area contributed by atoms with Gasteiger partial charge in [0, 0.05) is 6.92 Å². The summed E-state index contributed by atoms with van der Waals surface area (Å²) in [6, 6.07) is 0. The molecule has 0 saturated carbocycles. The average molecular weight is 157 g/mol. The summed E-state index contributed by atoms with van der Waals surface area (Å²) >= 11 is 0. The van der Waals surface area contributed by atoms with E-state index in [0.29, 0.717) is 0 Å². The summed E-state index contributed by atoms with van der Waals surface area (Å²) in [5.74, 6) is -0.360. The van der Waals surface area contributed by atoms with Gasteiger partial charge in [-0.2, -0.15) is 0 Å². The topological polar surface area (TPSA) is 38.7 Å². The third-order valence-corrected chi connectivity index (χ3v) is 1.22. The van der Waals surface area contributed by atoms with Gasteiger partial charge >= 0.3 is 5.97 Å². The van der Waals surface area contributed by atoms with Crippen molar-refractivity contribution < 1.29 is 9.63 Å². The van der Waals surface area contributed by atoms with Gasteiger partial charge in [0.2, 0.25) is 0 Å². The van der Waals surface area contributed by atoms with Crippen LogP contribution in [0.4, 0.5) is 0 Å². The lowest BCUT2D eigenvalue weighted by Crippen LogP contribution is -1.97. The number of hydrogen-bond donors (Lipinski definition) is 0. The molecule has 0 aromatic carbocycles. The molecule has 3 heteroatoms. The fraction of sp³-hybridized carbons (Fsp3) is 0.750. The van der Waals surface area contributed by atoms with Crippen LogP contribution in [-0.4, -0.2) is 11.7 Å². The van der Waals surface area contributed by atoms with Crippen LogP contribution in [0.2, 0.25) is 0 Å². The largest absolute Gasteiger partial charge is 0.331 e. The highest BCUT2D eigenvalue weighted by Crippen LogP contribution is 1.96. The van der Waals surface area contributed by atoms with Crippen molar-refractivity contribution in [1.82, 2.24) is 0 Å². The lowest BCUT2D eigenvalue weighted by Gasteiger charge is -1.96. The van der Waals surface area contributed by atoms with Gasteiger partial charge in [0.25, 0.3) is 0 Å². The summed E-state index contributed by atoms with van der Waals surface area (Å²) in [6.07, 6.45) is 3.13. The first-order chi connectivity index (χ1) is 5.16. The number of unbranched alkanes of at least 4 members (excludes halogenated alkanes) is 1. The third-order valence-electron chi connectivity index (χ3n) is 1.22. The van der Waals surface area contributed by atoms with Crippen LogP contribution in [0.25, 0.3) is 0 Å². The van der Waals surface area contributed by atoms with Gasteiger partial charge < -0.3 is 4.84 Å². The SMILES string of the molecule is CCCCC(C)=NOC(C)=O. The Labute approximate surface area is 67.4 Å². The van der Waals surface area contributed by atoms with E-state index >= 15 is 0 Å². The molecule has 0 aliphatic rings. The molecule has 0 spiro atoms. The third kappa shape index (κ3) is 7.03. The minimum atomic E-state index is -0.360. The second kappa shape index (κ2) is 5.89. The van der Waals surface area contributed by atoms with Crippen molar-refractivity contribution >= 4 is 11.7 Å². The van der Waals surface area contributed by atoms with Crippen LogP contribution in [-0.2, 0) is 9.63 Å². The first-order valence-corrected chi connectivity index (χ1v) is 3.88. The smallest absolute Gasteiger partial charge is 0.319 e. The van der Waals surface area contributed by atoms with Crippen LogP contribution in [0, 0.1) is 0 Å². The van der Waals surface area contributed by atoms with Crippen LogP contribution in [0.1, 0.15) is 40.0 Å². The zero-order valence-electron chi connectivity index (χ0n) is 7.39. The van der Waals surface area contributed by atoms with E-state index < -0.39 is 0 Å². The summed E-state index contributed by atoms with van der Waals surface area (Å²) < 4.78 is 0. The van der Waals surface area contributed by atoms with Gasteiger partial charge in [-0.15, -0.1) is 0 Å². The van der Waals surface area contributed by atoms with Crippen molar-refractivity contribution in [2.24, 2.45) is 5.16 Å². The summed E-state index contributed by atoms with van der Waals surface area (Å²) in [5, 5.41) is 3.63. The Morgan fingerprint density at radius 3 is 2.55 bits per heavy atom. The highest BCUT2D eigenvalue weighted by Gasteiger charge is 1.93. The van der Waals surface area contributed by atoms with Gasteiger partial charge in [0.05, 0.1) is 5.71 Å². The zero-order chi connectivity index (χ0) is 8.69. The molecule has 0 fully saturated rings. The average Bonchev–Trinajstić information content (AvgIpc) is 1.97. The first-order valence-electron chi connectivity index (χ1n) is 3.88. The maximum atomic E-state index is 10.3. The quantitative estimate of drug-likeness (QED) is 0.356. The maximum absolute atomic E-state index is 10.3. The Bertz CT molecular complexity index is 152. The van der Waals surface area contributed by atoms with E-state index in [1.54, 1.807) is 0 Å². The van der Waals surface area contributed by atoms with Gasteiger partial charge in [0.15, 0.2) is 0 Å². The molecule has 0 aromatic rings. The number of carbonyl (C=O) groups excluding carboxylic acids is 1. The Morgan fingerprint density at radius 1 is 1.45 bits per heavy atom. The fourth-order valence-corrected chi connectivity index (χ4v) is 0.620. The summed E-state index contributed by atoms with van der Waals surface area (Å²) in [7, 11) is 0. The molecule has 0 bridgehead atoms. The second-order valence-corrected chi connectivity index (χ2v) is 2.51. The van der Waals surface area contributed by atoms with E-state index in [1.165, 1.54) is 6.92 Å². The molecular formula is C8H15NO2. The predicted octanol–water partition coefficient (Wildman–Crippen LogP) is 2.12. The molecule has 0 N–H and O–H groups in total. The molecule has 11 heavy (non-hydrogen) atoms. The predicted molar refractivity (Wildman–Crippen MR) is 44.4 cm³/mol. The van der Waals surface area contributed by atoms with Gasteiger partial charge in [0.1, 0.15) is 0 Å². The monoisotopic (exact) mass is 157 g/mol. The van der Waals surface area contributed by atoms with Crippen LogP contribution in [0.5, 0.6) is 0 Å². The molecule has 0 heterocycles. The van der Waals surface area contributed by atoms with Crippen LogP contribution in [0.3, 0.4) is 0 Å². The molecule has 0 unspecified atom stereocenters. The normalized spacial score (nSPS) is 11.4. The highest BCUT2D eigenvalue weighted by atomic mass is 16.7. The zero-order valence-corrected chi connectivity index (χ0v) is 7.39. The van der Waals surface area contributed by atoms with E-state index in [-0.39, 0.29) is 5.97 Å². The number of rotatable bonds is 4. The number of carbonyl (C=O) groups is 1.